The molecule has 3 aromatic rings. The van der Waals surface area contributed by atoms with Crippen molar-refractivity contribution in [3.05, 3.63) is 54.1 Å². The molecule has 0 aliphatic rings. The van der Waals surface area contributed by atoms with Crippen LogP contribution in [0, 0.1) is 6.92 Å². The summed E-state index contributed by atoms with van der Waals surface area (Å²) in [6, 6.07) is 16.3. The largest absolute Gasteiger partial charge is 0.513 e. The number of carbonyl (C=O) groups is 1. The Balaban J connectivity index is 1.47. The molecule has 0 unspecified atom stereocenters. The highest BCUT2D eigenvalue weighted by Crippen LogP contribution is 2.35. The summed E-state index contributed by atoms with van der Waals surface area (Å²) in [4.78, 5) is 12.4. The van der Waals surface area contributed by atoms with E-state index in [-0.39, 0.29) is 0 Å². The van der Waals surface area contributed by atoms with E-state index >= 15 is 0 Å². The molecule has 0 amide bonds. The van der Waals surface area contributed by atoms with Crippen LogP contribution < -0.4 is 4.74 Å². The maximum Gasteiger partial charge on any atom is 0.513 e. The molecule has 0 aromatic heterocycles. The van der Waals surface area contributed by atoms with Gasteiger partial charge in [-0.2, -0.15) is 0 Å². The minimum Gasteiger partial charge on any atom is -0.434 e. The van der Waals surface area contributed by atoms with Crippen molar-refractivity contribution in [2.45, 2.75) is 78.1 Å². The third kappa shape index (κ3) is 6.99. The molecule has 3 nitrogen and oxygen atoms in total. The van der Waals surface area contributed by atoms with Crippen molar-refractivity contribution < 1.29 is 14.3 Å². The van der Waals surface area contributed by atoms with Gasteiger partial charge in [-0.1, -0.05) is 107 Å². The zero-order valence-electron chi connectivity index (χ0n) is 19.1. The summed E-state index contributed by atoms with van der Waals surface area (Å²) in [7, 11) is 0. The molecular formula is C28H36O3. The fraction of sp³-hybridized carbons (Fsp3) is 0.464. The van der Waals surface area contributed by atoms with Gasteiger partial charge in [-0.15, -0.1) is 0 Å². The zero-order valence-corrected chi connectivity index (χ0v) is 19.1. The SMILES string of the molecule is CCCCCCCCCCCCOC(=O)Oc1c2ccccc2cc2ccc(C)cc12. The number of benzene rings is 3. The molecule has 31 heavy (non-hydrogen) atoms. The van der Waals surface area contributed by atoms with E-state index < -0.39 is 6.16 Å². The summed E-state index contributed by atoms with van der Waals surface area (Å²) in [5, 5.41) is 3.98. The van der Waals surface area contributed by atoms with Crippen LogP contribution >= 0.6 is 0 Å². The molecule has 0 saturated heterocycles. The van der Waals surface area contributed by atoms with Crippen LogP contribution in [0.2, 0.25) is 0 Å². The maximum atomic E-state index is 12.4. The Morgan fingerprint density at radius 3 is 2.13 bits per heavy atom. The topological polar surface area (TPSA) is 35.5 Å². The second-order valence-electron chi connectivity index (χ2n) is 8.53. The summed E-state index contributed by atoms with van der Waals surface area (Å²) in [6.07, 6.45) is 11.9. The van der Waals surface area contributed by atoms with Crippen molar-refractivity contribution in [2.24, 2.45) is 0 Å². The van der Waals surface area contributed by atoms with Gasteiger partial charge in [0.15, 0.2) is 0 Å². The van der Waals surface area contributed by atoms with Crippen LogP contribution in [0.25, 0.3) is 21.5 Å². The summed E-state index contributed by atoms with van der Waals surface area (Å²) in [5.41, 5.74) is 1.13. The highest BCUT2D eigenvalue weighted by Gasteiger charge is 2.14. The Morgan fingerprint density at radius 1 is 0.742 bits per heavy atom. The van der Waals surface area contributed by atoms with Crippen molar-refractivity contribution in [1.29, 1.82) is 0 Å². The number of unbranched alkanes of at least 4 members (excludes halogenated alkanes) is 9. The van der Waals surface area contributed by atoms with Crippen molar-refractivity contribution >= 4 is 27.7 Å². The molecule has 166 valence electrons. The lowest BCUT2D eigenvalue weighted by atomic mass is 10.0. The molecule has 0 radical (unpaired) electrons. The van der Waals surface area contributed by atoms with E-state index in [0.717, 1.165) is 39.9 Å². The Hall–Kier alpha value is -2.55. The molecular weight excluding hydrogens is 384 g/mol. The lowest BCUT2D eigenvalue weighted by molar-refractivity contribution is 0.0982. The van der Waals surface area contributed by atoms with Crippen molar-refractivity contribution in [3.8, 4) is 5.75 Å². The van der Waals surface area contributed by atoms with Gasteiger partial charge in [0.2, 0.25) is 0 Å². The number of carbonyl (C=O) groups excluding carboxylic acids is 1. The molecule has 3 aromatic carbocycles. The lowest BCUT2D eigenvalue weighted by Crippen LogP contribution is -2.12. The third-order valence-electron chi connectivity index (χ3n) is 5.87. The first-order valence-corrected chi connectivity index (χ1v) is 12.0. The Bertz CT molecular complexity index is 977. The second-order valence-corrected chi connectivity index (χ2v) is 8.53. The average molecular weight is 421 g/mol. The minimum absolute atomic E-state index is 0.414. The quantitative estimate of drug-likeness (QED) is 0.127. The summed E-state index contributed by atoms with van der Waals surface area (Å²) < 4.78 is 11.1. The van der Waals surface area contributed by atoms with E-state index in [0.29, 0.717) is 12.4 Å². The van der Waals surface area contributed by atoms with Gasteiger partial charge in [0, 0.05) is 10.8 Å². The van der Waals surface area contributed by atoms with Gasteiger partial charge < -0.3 is 9.47 Å². The number of ether oxygens (including phenoxy) is 2. The van der Waals surface area contributed by atoms with Gasteiger partial charge in [0.25, 0.3) is 0 Å². The van der Waals surface area contributed by atoms with E-state index in [1.807, 2.05) is 31.2 Å². The van der Waals surface area contributed by atoms with Gasteiger partial charge >= 0.3 is 6.16 Å². The first kappa shape index (κ1) is 23.1. The van der Waals surface area contributed by atoms with Gasteiger partial charge in [-0.25, -0.2) is 4.79 Å². The Kier molecular flexibility index (Phi) is 9.20. The number of fused-ring (bicyclic) bond motifs is 2. The van der Waals surface area contributed by atoms with E-state index in [2.05, 4.69) is 31.2 Å². The molecule has 3 heteroatoms. The molecule has 0 N–H and O–H groups in total. The lowest BCUT2D eigenvalue weighted by Gasteiger charge is -2.12. The third-order valence-corrected chi connectivity index (χ3v) is 5.87. The predicted octanol–water partition coefficient (Wildman–Crippen LogP) is 8.74. The summed E-state index contributed by atoms with van der Waals surface area (Å²) in [6.45, 7) is 4.71. The number of rotatable bonds is 12. The molecule has 0 atom stereocenters. The number of hydrogen-bond donors (Lipinski definition) is 0. The van der Waals surface area contributed by atoms with E-state index in [1.165, 1.54) is 51.4 Å². The van der Waals surface area contributed by atoms with Crippen LogP contribution in [0.15, 0.2) is 48.5 Å². The molecule has 0 spiro atoms. The summed E-state index contributed by atoms with van der Waals surface area (Å²) in [5.74, 6) is 0.588. The Labute approximate surface area is 186 Å². The maximum absolute atomic E-state index is 12.4. The monoisotopic (exact) mass is 420 g/mol. The molecule has 3 rings (SSSR count). The first-order chi connectivity index (χ1) is 15.2. The van der Waals surface area contributed by atoms with Gasteiger partial charge in [0.05, 0.1) is 6.61 Å². The molecule has 0 bridgehead atoms. The van der Waals surface area contributed by atoms with Crippen LogP contribution in [-0.4, -0.2) is 12.8 Å². The first-order valence-electron chi connectivity index (χ1n) is 12.0. The van der Waals surface area contributed by atoms with E-state index in [4.69, 9.17) is 9.47 Å². The summed E-state index contributed by atoms with van der Waals surface area (Å²) >= 11 is 0. The fourth-order valence-electron chi connectivity index (χ4n) is 4.10. The second kappa shape index (κ2) is 12.3. The van der Waals surface area contributed by atoms with E-state index in [1.54, 1.807) is 0 Å². The van der Waals surface area contributed by atoms with Crippen LogP contribution in [-0.2, 0) is 4.74 Å². The van der Waals surface area contributed by atoms with Gasteiger partial charge in [0.1, 0.15) is 5.75 Å². The normalized spacial score (nSPS) is 11.2. The van der Waals surface area contributed by atoms with Crippen molar-refractivity contribution in [1.82, 2.24) is 0 Å². The fourth-order valence-corrected chi connectivity index (χ4v) is 4.10. The molecule has 0 aliphatic heterocycles. The molecule has 0 heterocycles. The van der Waals surface area contributed by atoms with Crippen LogP contribution in [0.3, 0.4) is 0 Å². The number of hydrogen-bond acceptors (Lipinski definition) is 3. The standard InChI is InChI=1S/C28H36O3/c1-3-4-5-6-7-8-9-10-11-14-19-30-28(29)31-27-25-16-13-12-15-23(25)21-24-18-17-22(2)20-26(24)27/h12-13,15-18,20-21H,3-11,14,19H2,1-2H3. The predicted molar refractivity (Wildman–Crippen MR) is 130 cm³/mol. The van der Waals surface area contributed by atoms with Crippen LogP contribution in [0.4, 0.5) is 4.79 Å². The molecule has 0 saturated carbocycles. The van der Waals surface area contributed by atoms with Crippen molar-refractivity contribution in [3.63, 3.8) is 0 Å². The zero-order chi connectivity index (χ0) is 21.9. The van der Waals surface area contributed by atoms with Gasteiger partial charge in [-0.3, -0.25) is 0 Å². The minimum atomic E-state index is -0.616. The van der Waals surface area contributed by atoms with Gasteiger partial charge in [-0.05, 0) is 36.2 Å². The molecule has 0 fully saturated rings. The highest BCUT2D eigenvalue weighted by molar-refractivity contribution is 6.06. The smallest absolute Gasteiger partial charge is 0.434 e. The van der Waals surface area contributed by atoms with Crippen molar-refractivity contribution in [2.75, 3.05) is 6.61 Å². The molecule has 0 aliphatic carbocycles. The average Bonchev–Trinajstić information content (AvgIpc) is 2.77. The van der Waals surface area contributed by atoms with Crippen LogP contribution in [0.5, 0.6) is 5.75 Å². The Morgan fingerprint density at radius 2 is 1.39 bits per heavy atom. The highest BCUT2D eigenvalue weighted by atomic mass is 16.7. The van der Waals surface area contributed by atoms with Crippen LogP contribution in [0.1, 0.15) is 76.7 Å². The number of aryl methyl sites for hydroxylation is 1. The van der Waals surface area contributed by atoms with E-state index in [9.17, 15) is 4.79 Å².